The molecule has 0 saturated heterocycles. The van der Waals surface area contributed by atoms with Gasteiger partial charge in [-0.3, -0.25) is 15.1 Å². The van der Waals surface area contributed by atoms with Gasteiger partial charge >= 0.3 is 0 Å². The van der Waals surface area contributed by atoms with Gasteiger partial charge in [-0.05, 0) is 25.3 Å². The number of rotatable bonds is 5. The Morgan fingerprint density at radius 2 is 2.33 bits per heavy atom. The predicted molar refractivity (Wildman–Crippen MR) is 60.6 cm³/mol. The zero-order valence-corrected chi connectivity index (χ0v) is 8.87. The largest absolute Gasteiger partial charge is 0.393 e. The van der Waals surface area contributed by atoms with E-state index in [0.717, 1.165) is 18.5 Å². The summed E-state index contributed by atoms with van der Waals surface area (Å²) in [5.74, 6) is 0. The molecule has 6 heteroatoms. The summed E-state index contributed by atoms with van der Waals surface area (Å²) in [6.07, 6.45) is 3.49. The number of thiocarbonyl (C=S) groups is 1. The van der Waals surface area contributed by atoms with Crippen LogP contribution in [0.3, 0.4) is 0 Å². The van der Waals surface area contributed by atoms with E-state index in [4.69, 9.17) is 18.0 Å². The second kappa shape index (κ2) is 5.35. The van der Waals surface area contributed by atoms with Crippen molar-refractivity contribution in [1.29, 1.82) is 0 Å². The molecule has 0 aliphatic carbocycles. The number of pyridine rings is 1. The fourth-order valence-corrected chi connectivity index (χ4v) is 1.26. The molecule has 0 unspecified atom stereocenters. The van der Waals surface area contributed by atoms with Crippen molar-refractivity contribution in [3.63, 3.8) is 0 Å². The SMILES string of the molecule is NC(=S)CCCc1ccc([N+](=O)[O-])cn1. The van der Waals surface area contributed by atoms with E-state index in [9.17, 15) is 10.1 Å². The van der Waals surface area contributed by atoms with E-state index in [0.29, 0.717) is 11.4 Å². The summed E-state index contributed by atoms with van der Waals surface area (Å²) < 4.78 is 0. The average molecular weight is 225 g/mol. The third-order valence-electron chi connectivity index (χ3n) is 1.88. The molecule has 5 nitrogen and oxygen atoms in total. The van der Waals surface area contributed by atoms with E-state index < -0.39 is 4.92 Å². The van der Waals surface area contributed by atoms with E-state index in [1.807, 2.05) is 0 Å². The number of aryl methyl sites for hydroxylation is 1. The fourth-order valence-electron chi connectivity index (χ4n) is 1.12. The molecule has 0 radical (unpaired) electrons. The van der Waals surface area contributed by atoms with Crippen LogP contribution >= 0.6 is 12.2 Å². The van der Waals surface area contributed by atoms with Crippen LogP contribution in [0.4, 0.5) is 5.69 Å². The minimum atomic E-state index is -0.466. The smallest absolute Gasteiger partial charge is 0.287 e. The lowest BCUT2D eigenvalue weighted by molar-refractivity contribution is -0.385. The van der Waals surface area contributed by atoms with E-state index in [1.165, 1.54) is 12.3 Å². The molecule has 0 atom stereocenters. The molecule has 2 N–H and O–H groups in total. The van der Waals surface area contributed by atoms with Gasteiger partial charge in [0.05, 0.1) is 9.91 Å². The van der Waals surface area contributed by atoms with E-state index in [2.05, 4.69) is 4.98 Å². The Kier molecular flexibility index (Phi) is 4.11. The molecular weight excluding hydrogens is 214 g/mol. The van der Waals surface area contributed by atoms with Gasteiger partial charge in [0.1, 0.15) is 6.20 Å². The summed E-state index contributed by atoms with van der Waals surface area (Å²) >= 11 is 4.73. The van der Waals surface area contributed by atoms with Crippen molar-refractivity contribution in [3.05, 3.63) is 34.1 Å². The van der Waals surface area contributed by atoms with Crippen molar-refractivity contribution in [2.24, 2.45) is 5.73 Å². The van der Waals surface area contributed by atoms with Gasteiger partial charge in [0.15, 0.2) is 0 Å². The summed E-state index contributed by atoms with van der Waals surface area (Å²) in [6.45, 7) is 0. The topological polar surface area (TPSA) is 82.0 Å². The van der Waals surface area contributed by atoms with Gasteiger partial charge in [0.2, 0.25) is 0 Å². The summed E-state index contributed by atoms with van der Waals surface area (Å²) in [5, 5.41) is 10.3. The first-order valence-corrected chi connectivity index (χ1v) is 4.88. The molecular formula is C9H11N3O2S. The van der Waals surface area contributed by atoms with Gasteiger partial charge in [0.25, 0.3) is 5.69 Å². The monoisotopic (exact) mass is 225 g/mol. The number of nitrogens with zero attached hydrogens (tertiary/aromatic N) is 2. The van der Waals surface area contributed by atoms with Crippen molar-refractivity contribution in [3.8, 4) is 0 Å². The second-order valence-corrected chi connectivity index (χ2v) is 3.61. The Hall–Kier alpha value is -1.56. The standard InChI is InChI=1S/C9H11N3O2S/c10-9(15)3-1-2-7-4-5-8(6-11-7)12(13)14/h4-6H,1-3H2,(H2,10,15). The normalized spacial score (nSPS) is 9.87. The third-order valence-corrected chi connectivity index (χ3v) is 2.08. The molecule has 0 saturated carbocycles. The zero-order chi connectivity index (χ0) is 11.3. The van der Waals surface area contributed by atoms with Gasteiger partial charge in [-0.15, -0.1) is 0 Å². The van der Waals surface area contributed by atoms with Crippen molar-refractivity contribution < 1.29 is 4.92 Å². The number of nitro groups is 1. The van der Waals surface area contributed by atoms with Crippen LogP contribution in [0.15, 0.2) is 18.3 Å². The molecule has 0 fully saturated rings. The van der Waals surface area contributed by atoms with Gasteiger partial charge in [-0.1, -0.05) is 12.2 Å². The number of hydrogen-bond acceptors (Lipinski definition) is 4. The first kappa shape index (κ1) is 11.5. The van der Waals surface area contributed by atoms with Crippen molar-refractivity contribution >= 4 is 22.9 Å². The average Bonchev–Trinajstić information content (AvgIpc) is 2.18. The van der Waals surface area contributed by atoms with Crippen molar-refractivity contribution in [1.82, 2.24) is 4.98 Å². The molecule has 1 rings (SSSR count). The Labute approximate surface area is 92.5 Å². The van der Waals surface area contributed by atoms with E-state index >= 15 is 0 Å². The van der Waals surface area contributed by atoms with E-state index in [-0.39, 0.29) is 5.69 Å². The van der Waals surface area contributed by atoms with Crippen LogP contribution in [0.25, 0.3) is 0 Å². The Morgan fingerprint density at radius 3 is 2.80 bits per heavy atom. The number of hydrogen-bond donors (Lipinski definition) is 1. The minimum Gasteiger partial charge on any atom is -0.393 e. The molecule has 1 aromatic rings. The maximum absolute atomic E-state index is 10.3. The second-order valence-electron chi connectivity index (χ2n) is 3.08. The number of aromatic nitrogens is 1. The van der Waals surface area contributed by atoms with Crippen LogP contribution in [0.5, 0.6) is 0 Å². The van der Waals surface area contributed by atoms with Gasteiger partial charge in [0, 0.05) is 11.8 Å². The van der Waals surface area contributed by atoms with Crippen LogP contribution in [0.1, 0.15) is 18.5 Å². The van der Waals surface area contributed by atoms with Crippen LogP contribution < -0.4 is 5.73 Å². The highest BCUT2D eigenvalue weighted by Crippen LogP contribution is 2.10. The molecule has 1 aromatic heterocycles. The highest BCUT2D eigenvalue weighted by atomic mass is 32.1. The van der Waals surface area contributed by atoms with Crippen LogP contribution in [-0.4, -0.2) is 14.9 Å². The summed E-state index contributed by atoms with van der Waals surface area (Å²) in [7, 11) is 0. The Bertz CT molecular complexity index is 364. The minimum absolute atomic E-state index is 0.00750. The molecule has 0 aromatic carbocycles. The third kappa shape index (κ3) is 3.99. The maximum atomic E-state index is 10.3. The molecule has 0 amide bonds. The van der Waals surface area contributed by atoms with Crippen molar-refractivity contribution in [2.45, 2.75) is 19.3 Å². The first-order chi connectivity index (χ1) is 7.09. The van der Waals surface area contributed by atoms with Crippen LogP contribution in [0, 0.1) is 10.1 Å². The van der Waals surface area contributed by atoms with Crippen LogP contribution in [-0.2, 0) is 6.42 Å². The highest BCUT2D eigenvalue weighted by molar-refractivity contribution is 7.80. The lowest BCUT2D eigenvalue weighted by atomic mass is 10.2. The molecule has 0 spiro atoms. The zero-order valence-electron chi connectivity index (χ0n) is 8.05. The molecule has 80 valence electrons. The molecule has 0 bridgehead atoms. The summed E-state index contributed by atoms with van der Waals surface area (Å²) in [4.78, 5) is 14.3. The predicted octanol–water partition coefficient (Wildman–Crippen LogP) is 1.60. The molecule has 1 heterocycles. The lowest BCUT2D eigenvalue weighted by Crippen LogP contribution is -2.07. The molecule has 0 aliphatic heterocycles. The van der Waals surface area contributed by atoms with Crippen LogP contribution in [0.2, 0.25) is 0 Å². The quantitative estimate of drug-likeness (QED) is 0.467. The van der Waals surface area contributed by atoms with Gasteiger partial charge in [-0.2, -0.15) is 0 Å². The van der Waals surface area contributed by atoms with Crippen molar-refractivity contribution in [2.75, 3.05) is 0 Å². The summed E-state index contributed by atoms with van der Waals surface area (Å²) in [6, 6.07) is 3.10. The Balaban J connectivity index is 2.50. The van der Waals surface area contributed by atoms with Gasteiger partial charge < -0.3 is 5.73 Å². The number of nitrogens with two attached hydrogens (primary N) is 1. The lowest BCUT2D eigenvalue weighted by Gasteiger charge is -1.99. The molecule has 0 aliphatic rings. The van der Waals surface area contributed by atoms with E-state index in [1.54, 1.807) is 6.07 Å². The maximum Gasteiger partial charge on any atom is 0.287 e. The van der Waals surface area contributed by atoms with Gasteiger partial charge in [-0.25, -0.2) is 0 Å². The molecule has 15 heavy (non-hydrogen) atoms. The Morgan fingerprint density at radius 1 is 1.60 bits per heavy atom. The summed E-state index contributed by atoms with van der Waals surface area (Å²) in [5.41, 5.74) is 6.17. The fraction of sp³-hybridized carbons (Fsp3) is 0.333. The first-order valence-electron chi connectivity index (χ1n) is 4.47. The highest BCUT2D eigenvalue weighted by Gasteiger charge is 2.04.